The van der Waals surface area contributed by atoms with Crippen LogP contribution in [0.3, 0.4) is 0 Å². The summed E-state index contributed by atoms with van der Waals surface area (Å²) in [7, 11) is 1.73. The van der Waals surface area contributed by atoms with E-state index in [2.05, 4.69) is 51.2 Å². The van der Waals surface area contributed by atoms with E-state index in [4.69, 9.17) is 4.74 Å². The number of ether oxygens (including phenoxy) is 1. The van der Waals surface area contributed by atoms with E-state index in [0.717, 1.165) is 18.8 Å². The Morgan fingerprint density at radius 3 is 2.56 bits per heavy atom. The Hall–Kier alpha value is -1.02. The lowest BCUT2D eigenvalue weighted by molar-refractivity contribution is 0.386. The number of methoxy groups -OCH3 is 1. The van der Waals surface area contributed by atoms with Gasteiger partial charge in [-0.05, 0) is 19.5 Å². The fourth-order valence-electron chi connectivity index (χ4n) is 1.88. The highest BCUT2D eigenvalue weighted by Gasteiger charge is 2.23. The molecular weight excluding hydrogens is 198 g/mol. The van der Waals surface area contributed by atoms with Gasteiger partial charge < -0.3 is 10.1 Å². The topological polar surface area (TPSA) is 21.3 Å². The van der Waals surface area contributed by atoms with Gasteiger partial charge in [0, 0.05) is 17.5 Å². The van der Waals surface area contributed by atoms with Crippen molar-refractivity contribution < 1.29 is 4.74 Å². The summed E-state index contributed by atoms with van der Waals surface area (Å²) in [6.45, 7) is 10.7. The van der Waals surface area contributed by atoms with Crippen molar-refractivity contribution in [1.82, 2.24) is 5.32 Å². The predicted molar refractivity (Wildman–Crippen MR) is 69.3 cm³/mol. The van der Waals surface area contributed by atoms with Crippen molar-refractivity contribution in [2.75, 3.05) is 20.2 Å². The molecule has 1 aromatic rings. The highest BCUT2D eigenvalue weighted by molar-refractivity contribution is 5.41. The van der Waals surface area contributed by atoms with Crippen LogP contribution in [0.2, 0.25) is 0 Å². The van der Waals surface area contributed by atoms with Crippen molar-refractivity contribution in [3.8, 4) is 5.75 Å². The number of hydrogen-bond acceptors (Lipinski definition) is 2. The summed E-state index contributed by atoms with van der Waals surface area (Å²) in [6.07, 6.45) is 0. The molecule has 0 unspecified atom stereocenters. The van der Waals surface area contributed by atoms with Crippen LogP contribution in [-0.2, 0) is 5.41 Å². The molecule has 0 bridgehead atoms. The first-order valence-corrected chi connectivity index (χ1v) is 5.87. The van der Waals surface area contributed by atoms with Crippen molar-refractivity contribution in [1.29, 1.82) is 0 Å². The molecule has 0 saturated heterocycles. The zero-order valence-electron chi connectivity index (χ0n) is 11.1. The normalized spacial score (nSPS) is 11.6. The molecule has 1 rings (SSSR count). The fraction of sp³-hybridized carbons (Fsp3) is 0.571. The molecule has 2 nitrogen and oxygen atoms in total. The van der Waals surface area contributed by atoms with Gasteiger partial charge in [0.05, 0.1) is 7.11 Å². The van der Waals surface area contributed by atoms with E-state index in [1.54, 1.807) is 7.11 Å². The Bertz CT molecular complexity index is 345. The van der Waals surface area contributed by atoms with E-state index in [-0.39, 0.29) is 5.41 Å². The number of rotatable bonds is 5. The molecule has 0 aliphatic rings. The van der Waals surface area contributed by atoms with Crippen LogP contribution < -0.4 is 10.1 Å². The minimum atomic E-state index is 0.0906. The van der Waals surface area contributed by atoms with Gasteiger partial charge >= 0.3 is 0 Å². The van der Waals surface area contributed by atoms with Crippen molar-refractivity contribution in [3.63, 3.8) is 0 Å². The van der Waals surface area contributed by atoms with Gasteiger partial charge in [-0.3, -0.25) is 0 Å². The maximum Gasteiger partial charge on any atom is 0.122 e. The maximum atomic E-state index is 5.44. The molecule has 0 radical (unpaired) electrons. The van der Waals surface area contributed by atoms with Crippen molar-refractivity contribution in [2.45, 2.75) is 33.1 Å². The van der Waals surface area contributed by atoms with Gasteiger partial charge in [-0.15, -0.1) is 0 Å². The van der Waals surface area contributed by atoms with E-state index in [1.807, 2.05) is 0 Å². The molecule has 2 heteroatoms. The van der Waals surface area contributed by atoms with Crippen LogP contribution in [0.5, 0.6) is 5.75 Å². The quantitative estimate of drug-likeness (QED) is 0.825. The third-order valence-corrected chi connectivity index (χ3v) is 2.90. The molecule has 0 aliphatic heterocycles. The van der Waals surface area contributed by atoms with E-state index >= 15 is 0 Å². The lowest BCUT2D eigenvalue weighted by Gasteiger charge is -2.27. The van der Waals surface area contributed by atoms with Crippen molar-refractivity contribution in [3.05, 3.63) is 29.3 Å². The maximum absolute atomic E-state index is 5.44. The summed E-state index contributed by atoms with van der Waals surface area (Å²) >= 11 is 0. The Labute approximate surface area is 99.0 Å². The van der Waals surface area contributed by atoms with E-state index in [9.17, 15) is 0 Å². The summed E-state index contributed by atoms with van der Waals surface area (Å²) < 4.78 is 5.44. The largest absolute Gasteiger partial charge is 0.496 e. The molecule has 0 fully saturated rings. The Morgan fingerprint density at radius 2 is 2.00 bits per heavy atom. The third kappa shape index (κ3) is 2.99. The van der Waals surface area contributed by atoms with Gasteiger partial charge in [0.15, 0.2) is 0 Å². The summed E-state index contributed by atoms with van der Waals surface area (Å²) in [5, 5.41) is 3.40. The molecule has 90 valence electrons. The molecule has 16 heavy (non-hydrogen) atoms. The number of likely N-dealkylation sites (N-methyl/N-ethyl adjacent to an activating group) is 1. The van der Waals surface area contributed by atoms with E-state index in [1.165, 1.54) is 11.1 Å². The third-order valence-electron chi connectivity index (χ3n) is 2.90. The highest BCUT2D eigenvalue weighted by atomic mass is 16.5. The van der Waals surface area contributed by atoms with Crippen LogP contribution in [0.15, 0.2) is 18.2 Å². The first kappa shape index (κ1) is 13.0. The highest BCUT2D eigenvalue weighted by Crippen LogP contribution is 2.31. The fourth-order valence-corrected chi connectivity index (χ4v) is 1.88. The Balaban J connectivity index is 3.04. The first-order chi connectivity index (χ1) is 7.51. The zero-order chi connectivity index (χ0) is 12.2. The van der Waals surface area contributed by atoms with Crippen LogP contribution in [0.1, 0.15) is 31.9 Å². The van der Waals surface area contributed by atoms with Gasteiger partial charge in [0.1, 0.15) is 5.75 Å². The number of nitrogens with one attached hydrogen (secondary N) is 1. The molecule has 0 spiro atoms. The summed E-state index contributed by atoms with van der Waals surface area (Å²) in [5.41, 5.74) is 2.64. The molecular formula is C14H23NO. The second-order valence-electron chi connectivity index (χ2n) is 4.87. The average Bonchev–Trinajstić information content (AvgIpc) is 2.26. The van der Waals surface area contributed by atoms with Crippen LogP contribution in [0.4, 0.5) is 0 Å². The minimum absolute atomic E-state index is 0.0906. The van der Waals surface area contributed by atoms with Crippen molar-refractivity contribution >= 4 is 0 Å². The first-order valence-electron chi connectivity index (χ1n) is 5.87. The Kier molecular flexibility index (Phi) is 4.36. The van der Waals surface area contributed by atoms with Gasteiger partial charge in [-0.25, -0.2) is 0 Å². The predicted octanol–water partition coefficient (Wildman–Crippen LogP) is 2.89. The van der Waals surface area contributed by atoms with Crippen molar-refractivity contribution in [2.24, 2.45) is 0 Å². The summed E-state index contributed by atoms with van der Waals surface area (Å²) in [5.74, 6) is 0.980. The van der Waals surface area contributed by atoms with Gasteiger partial charge in [0.2, 0.25) is 0 Å². The van der Waals surface area contributed by atoms with Crippen LogP contribution >= 0.6 is 0 Å². The average molecular weight is 221 g/mol. The standard InChI is InChI=1S/C14H23NO/c1-6-15-10-14(3,4)12-9-11(2)7-8-13(12)16-5/h7-9,15H,6,10H2,1-5H3. The molecule has 0 heterocycles. The summed E-state index contributed by atoms with van der Waals surface area (Å²) in [6, 6.07) is 6.36. The smallest absolute Gasteiger partial charge is 0.122 e. The molecule has 0 aromatic heterocycles. The molecule has 0 atom stereocenters. The summed E-state index contributed by atoms with van der Waals surface area (Å²) in [4.78, 5) is 0. The van der Waals surface area contributed by atoms with Crippen LogP contribution in [-0.4, -0.2) is 20.2 Å². The van der Waals surface area contributed by atoms with Crippen LogP contribution in [0, 0.1) is 6.92 Å². The van der Waals surface area contributed by atoms with Gasteiger partial charge in [-0.2, -0.15) is 0 Å². The van der Waals surface area contributed by atoms with E-state index in [0.29, 0.717) is 0 Å². The number of aryl methyl sites for hydroxylation is 1. The number of hydrogen-bond donors (Lipinski definition) is 1. The minimum Gasteiger partial charge on any atom is -0.496 e. The lowest BCUT2D eigenvalue weighted by Crippen LogP contribution is -2.33. The van der Waals surface area contributed by atoms with Crippen LogP contribution in [0.25, 0.3) is 0 Å². The Morgan fingerprint density at radius 1 is 1.31 bits per heavy atom. The molecule has 1 aromatic carbocycles. The van der Waals surface area contributed by atoms with Gasteiger partial charge in [0.25, 0.3) is 0 Å². The van der Waals surface area contributed by atoms with E-state index < -0.39 is 0 Å². The SMILES string of the molecule is CCNCC(C)(C)c1cc(C)ccc1OC. The van der Waals surface area contributed by atoms with Gasteiger partial charge in [-0.1, -0.05) is 38.5 Å². The molecule has 0 amide bonds. The molecule has 1 N–H and O–H groups in total. The molecule has 0 saturated carbocycles. The second-order valence-corrected chi connectivity index (χ2v) is 4.87. The molecule has 0 aliphatic carbocycles. The number of benzene rings is 1. The monoisotopic (exact) mass is 221 g/mol. The zero-order valence-corrected chi connectivity index (χ0v) is 11.1. The second kappa shape index (κ2) is 5.35. The lowest BCUT2D eigenvalue weighted by atomic mass is 9.83.